The second-order valence-corrected chi connectivity index (χ2v) is 5.76. The first kappa shape index (κ1) is 13.7. The second kappa shape index (κ2) is 5.05. The number of nitrogens with one attached hydrogen (secondary N) is 2. The molecule has 0 spiro atoms. The average molecular weight is 310 g/mol. The Morgan fingerprint density at radius 1 is 1.17 bits per heavy atom. The molecule has 7 nitrogen and oxygen atoms in total. The molecule has 2 aromatic rings. The summed E-state index contributed by atoms with van der Waals surface area (Å²) in [5.41, 5.74) is 3.41. The predicted octanol–water partition coefficient (Wildman–Crippen LogP) is 0.838. The van der Waals surface area contributed by atoms with Crippen molar-refractivity contribution in [2.75, 3.05) is 0 Å². The number of carbonyl (C=O) groups excluding carboxylic acids is 3. The van der Waals surface area contributed by atoms with Crippen molar-refractivity contribution >= 4 is 17.7 Å². The number of hydrogen-bond donors (Lipinski definition) is 2. The van der Waals surface area contributed by atoms with E-state index < -0.39 is 11.9 Å². The van der Waals surface area contributed by atoms with E-state index in [2.05, 4.69) is 15.5 Å². The third kappa shape index (κ3) is 2.21. The van der Waals surface area contributed by atoms with Crippen LogP contribution in [0.4, 0.5) is 0 Å². The normalized spacial score (nSPS) is 20.6. The van der Waals surface area contributed by atoms with Gasteiger partial charge >= 0.3 is 0 Å². The van der Waals surface area contributed by atoms with Gasteiger partial charge in [-0.3, -0.25) is 24.8 Å². The highest BCUT2D eigenvalue weighted by Gasteiger charge is 2.39. The molecule has 0 saturated carbocycles. The highest BCUT2D eigenvalue weighted by atomic mass is 16.2. The third-order valence-electron chi connectivity index (χ3n) is 4.36. The standard InChI is InChI=1S/C16H14N4O3/c21-14-4-3-13(15(22)19-14)20-8-10-5-9(11-6-17-18-7-11)1-2-12(10)16(20)23/h1-2,5-7,13H,3-4,8H2,(H,17,18)(H,19,21,22). The van der Waals surface area contributed by atoms with Gasteiger partial charge in [-0.25, -0.2) is 0 Å². The van der Waals surface area contributed by atoms with Crippen LogP contribution in [0, 0.1) is 0 Å². The van der Waals surface area contributed by atoms with Gasteiger partial charge in [0.15, 0.2) is 0 Å². The van der Waals surface area contributed by atoms with Crippen LogP contribution < -0.4 is 5.32 Å². The monoisotopic (exact) mass is 310 g/mol. The lowest BCUT2D eigenvalue weighted by atomic mass is 10.0. The van der Waals surface area contributed by atoms with Crippen LogP contribution >= 0.6 is 0 Å². The van der Waals surface area contributed by atoms with Crippen molar-refractivity contribution in [1.29, 1.82) is 0 Å². The average Bonchev–Trinajstić information content (AvgIpc) is 3.16. The van der Waals surface area contributed by atoms with E-state index in [1.807, 2.05) is 12.1 Å². The van der Waals surface area contributed by atoms with E-state index in [0.29, 0.717) is 18.5 Å². The van der Waals surface area contributed by atoms with Crippen molar-refractivity contribution < 1.29 is 14.4 Å². The van der Waals surface area contributed by atoms with Crippen LogP contribution in [0.1, 0.15) is 28.8 Å². The zero-order chi connectivity index (χ0) is 16.0. The summed E-state index contributed by atoms with van der Waals surface area (Å²) in [4.78, 5) is 37.4. The molecule has 0 bridgehead atoms. The van der Waals surface area contributed by atoms with Gasteiger partial charge in [0, 0.05) is 30.3 Å². The number of rotatable bonds is 2. The molecule has 2 N–H and O–H groups in total. The zero-order valence-electron chi connectivity index (χ0n) is 12.2. The molecule has 1 atom stereocenters. The van der Waals surface area contributed by atoms with Crippen molar-refractivity contribution in [1.82, 2.24) is 20.4 Å². The molecule has 4 rings (SSSR count). The number of nitrogens with zero attached hydrogens (tertiary/aromatic N) is 2. The van der Waals surface area contributed by atoms with Gasteiger partial charge < -0.3 is 4.90 Å². The number of H-pyrrole nitrogens is 1. The maximum atomic E-state index is 12.6. The smallest absolute Gasteiger partial charge is 0.255 e. The molecular formula is C16H14N4O3. The molecule has 1 aromatic heterocycles. The number of piperidine rings is 1. The predicted molar refractivity (Wildman–Crippen MR) is 80.1 cm³/mol. The first-order valence-corrected chi connectivity index (χ1v) is 7.40. The Hall–Kier alpha value is -2.96. The summed E-state index contributed by atoms with van der Waals surface area (Å²) in [5, 5.41) is 8.99. The van der Waals surface area contributed by atoms with E-state index in [1.165, 1.54) is 0 Å². The molecule has 2 aliphatic rings. The fraction of sp³-hybridized carbons (Fsp3) is 0.250. The highest BCUT2D eigenvalue weighted by molar-refractivity contribution is 6.05. The quantitative estimate of drug-likeness (QED) is 0.803. The van der Waals surface area contributed by atoms with Crippen LogP contribution in [0.2, 0.25) is 0 Å². The number of aromatic amines is 1. The summed E-state index contributed by atoms with van der Waals surface area (Å²) >= 11 is 0. The Morgan fingerprint density at radius 2 is 2.04 bits per heavy atom. The summed E-state index contributed by atoms with van der Waals surface area (Å²) in [6, 6.07) is 5.02. The zero-order valence-corrected chi connectivity index (χ0v) is 12.2. The largest absolute Gasteiger partial charge is 0.322 e. The minimum absolute atomic E-state index is 0.159. The van der Waals surface area contributed by atoms with Gasteiger partial charge in [-0.1, -0.05) is 6.07 Å². The Morgan fingerprint density at radius 3 is 2.78 bits per heavy atom. The molecule has 0 radical (unpaired) electrons. The van der Waals surface area contributed by atoms with Gasteiger partial charge in [0.05, 0.1) is 6.20 Å². The maximum absolute atomic E-state index is 12.6. The molecule has 7 heteroatoms. The Balaban J connectivity index is 1.63. The minimum atomic E-state index is -0.579. The molecule has 0 aliphatic carbocycles. The van der Waals surface area contributed by atoms with Gasteiger partial charge in [-0.2, -0.15) is 5.10 Å². The Labute approximate surface area is 131 Å². The molecule has 1 saturated heterocycles. The fourth-order valence-electron chi connectivity index (χ4n) is 3.16. The molecule has 1 fully saturated rings. The SMILES string of the molecule is O=C1CCC(N2Cc3cc(-c4cn[nH]c4)ccc3C2=O)C(=O)N1. The van der Waals surface area contributed by atoms with Gasteiger partial charge in [-0.15, -0.1) is 0 Å². The lowest BCUT2D eigenvalue weighted by Gasteiger charge is -2.29. The summed E-state index contributed by atoms with van der Waals surface area (Å²) in [7, 11) is 0. The lowest BCUT2D eigenvalue weighted by molar-refractivity contribution is -0.136. The summed E-state index contributed by atoms with van der Waals surface area (Å²) in [6.45, 7) is 0.381. The van der Waals surface area contributed by atoms with E-state index in [0.717, 1.165) is 16.7 Å². The molecule has 3 amide bonds. The summed E-state index contributed by atoms with van der Waals surface area (Å²) in [6.07, 6.45) is 4.14. The topological polar surface area (TPSA) is 95.2 Å². The number of aromatic nitrogens is 2. The van der Waals surface area contributed by atoms with E-state index in [-0.39, 0.29) is 18.2 Å². The van der Waals surface area contributed by atoms with Crippen LogP contribution in [-0.2, 0) is 16.1 Å². The molecule has 1 aromatic carbocycles. The van der Waals surface area contributed by atoms with E-state index in [4.69, 9.17) is 0 Å². The number of hydrogen-bond acceptors (Lipinski definition) is 4. The highest BCUT2D eigenvalue weighted by Crippen LogP contribution is 2.30. The van der Waals surface area contributed by atoms with Crippen LogP contribution in [-0.4, -0.2) is 38.9 Å². The van der Waals surface area contributed by atoms with Gasteiger partial charge in [0.2, 0.25) is 11.8 Å². The summed E-state index contributed by atoms with van der Waals surface area (Å²) < 4.78 is 0. The molecule has 23 heavy (non-hydrogen) atoms. The Kier molecular flexibility index (Phi) is 3.00. The fourth-order valence-corrected chi connectivity index (χ4v) is 3.16. The molecule has 1 unspecified atom stereocenters. The lowest BCUT2D eigenvalue weighted by Crippen LogP contribution is -2.52. The van der Waals surface area contributed by atoms with Crippen molar-refractivity contribution in [2.45, 2.75) is 25.4 Å². The number of imide groups is 1. The van der Waals surface area contributed by atoms with Crippen molar-refractivity contribution in [3.63, 3.8) is 0 Å². The third-order valence-corrected chi connectivity index (χ3v) is 4.36. The number of benzene rings is 1. The maximum Gasteiger partial charge on any atom is 0.255 e. The van der Waals surface area contributed by atoms with Crippen LogP contribution in [0.25, 0.3) is 11.1 Å². The number of fused-ring (bicyclic) bond motifs is 1. The molecule has 3 heterocycles. The molecule has 116 valence electrons. The van der Waals surface area contributed by atoms with E-state index in [1.54, 1.807) is 23.4 Å². The van der Waals surface area contributed by atoms with Crippen LogP contribution in [0.5, 0.6) is 0 Å². The number of amides is 3. The molecule has 2 aliphatic heterocycles. The Bertz CT molecular complexity index is 813. The van der Waals surface area contributed by atoms with E-state index >= 15 is 0 Å². The first-order chi connectivity index (χ1) is 11.1. The van der Waals surface area contributed by atoms with Gasteiger partial charge in [0.1, 0.15) is 6.04 Å². The molecular weight excluding hydrogens is 296 g/mol. The van der Waals surface area contributed by atoms with Crippen molar-refractivity contribution in [3.8, 4) is 11.1 Å². The van der Waals surface area contributed by atoms with Crippen molar-refractivity contribution in [2.24, 2.45) is 0 Å². The second-order valence-electron chi connectivity index (χ2n) is 5.76. The van der Waals surface area contributed by atoms with Crippen LogP contribution in [0.3, 0.4) is 0 Å². The number of carbonyl (C=O) groups is 3. The minimum Gasteiger partial charge on any atom is -0.322 e. The van der Waals surface area contributed by atoms with Gasteiger partial charge in [-0.05, 0) is 29.7 Å². The van der Waals surface area contributed by atoms with Crippen molar-refractivity contribution in [3.05, 3.63) is 41.7 Å². The summed E-state index contributed by atoms with van der Waals surface area (Å²) in [5.74, 6) is -0.830. The first-order valence-electron chi connectivity index (χ1n) is 7.40. The van der Waals surface area contributed by atoms with E-state index in [9.17, 15) is 14.4 Å². The van der Waals surface area contributed by atoms with Crippen LogP contribution in [0.15, 0.2) is 30.6 Å². The van der Waals surface area contributed by atoms with Gasteiger partial charge in [0.25, 0.3) is 5.91 Å².